The maximum absolute atomic E-state index is 14.3. The largest absolute Gasteiger partial charge is 0.457 e. The van der Waals surface area contributed by atoms with E-state index in [1.165, 1.54) is 18.2 Å². The number of nitrogens with zero attached hydrogens (tertiary/aromatic N) is 1. The molecule has 0 bridgehead atoms. The normalized spacial score (nSPS) is 14.2. The molecule has 14 heteroatoms. The van der Waals surface area contributed by atoms with Gasteiger partial charge >= 0.3 is 17.9 Å². The van der Waals surface area contributed by atoms with Crippen molar-refractivity contribution < 1.29 is 53.7 Å². The lowest BCUT2D eigenvalue weighted by Crippen LogP contribution is -2.57. The van der Waals surface area contributed by atoms with E-state index in [-0.39, 0.29) is 38.7 Å². The number of rotatable bonds is 7. The number of hydrogen-bond acceptors (Lipinski definition) is 4. The lowest BCUT2D eigenvalue weighted by Gasteiger charge is -2.40. The maximum Gasteiger partial charge on any atom is 0.446 e. The third-order valence-corrected chi connectivity index (χ3v) is 5.91. The summed E-state index contributed by atoms with van der Waals surface area (Å²) in [6.45, 7) is -0.744. The van der Waals surface area contributed by atoms with E-state index in [1.54, 1.807) is 0 Å². The highest BCUT2D eigenvalue weighted by atomic mass is 32.2. The molecule has 0 saturated carbocycles. The van der Waals surface area contributed by atoms with Gasteiger partial charge in [-0.25, -0.2) is 4.39 Å². The van der Waals surface area contributed by atoms with Crippen molar-refractivity contribution >= 4 is 17.4 Å². The van der Waals surface area contributed by atoms with Crippen molar-refractivity contribution in [2.24, 2.45) is 0 Å². The average Bonchev–Trinajstić information content (AvgIpc) is 2.76. The Labute approximate surface area is 213 Å². The SMILES string of the molecule is CC(O)(N(Cc1cc(C(F)(F)F)ccc1F)c1ccc(Oc2cccc(SC(F)(F)F)c2)cc1)C(F)(F)F. The number of alkyl halides is 9. The Bertz CT molecular complexity index is 1250. The van der Waals surface area contributed by atoms with Crippen LogP contribution in [0.3, 0.4) is 0 Å². The fourth-order valence-electron chi connectivity index (χ4n) is 3.26. The number of aliphatic hydroxyl groups is 1. The van der Waals surface area contributed by atoms with E-state index in [0.717, 1.165) is 30.3 Å². The summed E-state index contributed by atoms with van der Waals surface area (Å²) in [5.41, 5.74) is -10.6. The highest BCUT2D eigenvalue weighted by molar-refractivity contribution is 8.00. The van der Waals surface area contributed by atoms with Crippen LogP contribution in [0.2, 0.25) is 0 Å². The molecule has 206 valence electrons. The van der Waals surface area contributed by atoms with Crippen molar-refractivity contribution in [3.63, 3.8) is 0 Å². The third kappa shape index (κ3) is 7.25. The molecule has 0 amide bonds. The zero-order chi connectivity index (χ0) is 28.5. The quantitative estimate of drug-likeness (QED) is 0.175. The summed E-state index contributed by atoms with van der Waals surface area (Å²) in [5.74, 6) is -1.26. The Hall–Kier alpha value is -3.13. The summed E-state index contributed by atoms with van der Waals surface area (Å²) < 4.78 is 138. The van der Waals surface area contributed by atoms with Gasteiger partial charge in [-0.1, -0.05) is 6.07 Å². The van der Waals surface area contributed by atoms with Gasteiger partial charge in [0.2, 0.25) is 5.72 Å². The number of anilines is 1. The van der Waals surface area contributed by atoms with Gasteiger partial charge in [0.15, 0.2) is 0 Å². The van der Waals surface area contributed by atoms with Crippen LogP contribution in [0.25, 0.3) is 0 Å². The summed E-state index contributed by atoms with van der Waals surface area (Å²) in [5, 5.41) is 10.3. The number of thioether (sulfide) groups is 1. The van der Waals surface area contributed by atoms with Crippen LogP contribution < -0.4 is 9.64 Å². The van der Waals surface area contributed by atoms with Gasteiger partial charge in [0.25, 0.3) is 0 Å². The Morgan fingerprint density at radius 2 is 1.45 bits per heavy atom. The first-order valence-electron chi connectivity index (χ1n) is 10.4. The van der Waals surface area contributed by atoms with Gasteiger partial charge in [-0.3, -0.25) is 0 Å². The molecule has 3 aromatic rings. The fraction of sp³-hybridized carbons (Fsp3) is 0.250. The Balaban J connectivity index is 1.93. The van der Waals surface area contributed by atoms with Crippen LogP contribution in [0.1, 0.15) is 18.1 Å². The summed E-state index contributed by atoms with van der Waals surface area (Å²) in [6, 6.07) is 10.4. The van der Waals surface area contributed by atoms with E-state index in [2.05, 4.69) is 0 Å². The predicted octanol–water partition coefficient (Wildman–Crippen LogP) is 8.53. The molecule has 3 aromatic carbocycles. The summed E-state index contributed by atoms with van der Waals surface area (Å²) >= 11 is -0.381. The molecule has 3 nitrogen and oxygen atoms in total. The highest BCUT2D eigenvalue weighted by Gasteiger charge is 2.54. The van der Waals surface area contributed by atoms with Crippen molar-refractivity contribution in [3.05, 3.63) is 83.7 Å². The molecule has 1 N–H and O–H groups in total. The summed E-state index contributed by atoms with van der Waals surface area (Å²) in [4.78, 5) is 0.0813. The zero-order valence-electron chi connectivity index (χ0n) is 19.0. The van der Waals surface area contributed by atoms with Crippen LogP contribution >= 0.6 is 11.8 Å². The van der Waals surface area contributed by atoms with Crippen LogP contribution in [-0.2, 0) is 12.7 Å². The van der Waals surface area contributed by atoms with E-state index in [4.69, 9.17) is 4.74 Å². The van der Waals surface area contributed by atoms with Crippen LogP contribution in [0.4, 0.5) is 49.6 Å². The van der Waals surface area contributed by atoms with E-state index >= 15 is 0 Å². The topological polar surface area (TPSA) is 32.7 Å². The Morgan fingerprint density at radius 3 is 2.00 bits per heavy atom. The van der Waals surface area contributed by atoms with Gasteiger partial charge in [-0.15, -0.1) is 0 Å². The van der Waals surface area contributed by atoms with Gasteiger partial charge in [0.05, 0.1) is 5.56 Å². The standard InChI is InChI=1S/C24H17F10NO2S/c1-21(36,23(29,30)31)35(13-14-11-15(22(26,27)28)5-10-20(14)25)16-6-8-17(9-7-16)37-18-3-2-4-19(12-18)38-24(32,33)34/h2-12,36H,13H2,1H3. The molecule has 0 aliphatic carbocycles. The van der Waals surface area contributed by atoms with Crippen LogP contribution in [0.15, 0.2) is 71.6 Å². The second kappa shape index (κ2) is 10.6. The molecule has 3 rings (SSSR count). The van der Waals surface area contributed by atoms with Crippen molar-refractivity contribution in [3.8, 4) is 11.5 Å². The Morgan fingerprint density at radius 1 is 0.816 bits per heavy atom. The summed E-state index contributed by atoms with van der Waals surface area (Å²) in [6.07, 6.45) is -10.2. The van der Waals surface area contributed by atoms with E-state index in [1.807, 2.05) is 0 Å². The second-order valence-corrected chi connectivity index (χ2v) is 9.17. The van der Waals surface area contributed by atoms with Crippen LogP contribution in [-0.4, -0.2) is 22.5 Å². The molecule has 0 aliphatic heterocycles. The minimum Gasteiger partial charge on any atom is -0.457 e. The number of ether oxygens (including phenoxy) is 1. The molecule has 0 saturated heterocycles. The van der Waals surface area contributed by atoms with E-state index in [9.17, 15) is 49.0 Å². The van der Waals surface area contributed by atoms with Crippen molar-refractivity contribution in [1.82, 2.24) is 0 Å². The van der Waals surface area contributed by atoms with Crippen molar-refractivity contribution in [1.29, 1.82) is 0 Å². The average molecular weight is 573 g/mol. The molecule has 0 heterocycles. The van der Waals surface area contributed by atoms with Gasteiger partial charge < -0.3 is 14.7 Å². The second-order valence-electron chi connectivity index (χ2n) is 8.03. The molecule has 1 atom stereocenters. The number of hydrogen-bond donors (Lipinski definition) is 1. The number of halogens is 10. The molecule has 0 aromatic heterocycles. The first-order valence-corrected chi connectivity index (χ1v) is 11.2. The maximum atomic E-state index is 14.3. The molecule has 38 heavy (non-hydrogen) atoms. The molecule has 1 unspecified atom stereocenters. The smallest absolute Gasteiger partial charge is 0.446 e. The molecular formula is C24H17F10NO2S. The minimum atomic E-state index is -5.31. The lowest BCUT2D eigenvalue weighted by molar-refractivity contribution is -0.253. The predicted molar refractivity (Wildman–Crippen MR) is 119 cm³/mol. The summed E-state index contributed by atoms with van der Waals surface area (Å²) in [7, 11) is 0. The third-order valence-electron chi connectivity index (χ3n) is 5.19. The fourth-order valence-corrected chi connectivity index (χ4v) is 3.85. The van der Waals surface area contributed by atoms with Crippen molar-refractivity contribution in [2.45, 2.75) is 41.9 Å². The Kier molecular flexibility index (Phi) is 8.18. The first kappa shape index (κ1) is 29.4. The molecule has 0 aliphatic rings. The number of benzene rings is 3. The monoisotopic (exact) mass is 573 g/mol. The van der Waals surface area contributed by atoms with Gasteiger partial charge in [0.1, 0.15) is 17.3 Å². The van der Waals surface area contributed by atoms with Gasteiger partial charge in [-0.05, 0) is 79.3 Å². The van der Waals surface area contributed by atoms with Crippen molar-refractivity contribution in [2.75, 3.05) is 4.90 Å². The van der Waals surface area contributed by atoms with E-state index in [0.29, 0.717) is 25.1 Å². The minimum absolute atomic E-state index is 0.0141. The lowest BCUT2D eigenvalue weighted by atomic mass is 10.1. The molecule has 0 spiro atoms. The van der Waals surface area contributed by atoms with Gasteiger partial charge in [0, 0.05) is 22.7 Å². The van der Waals surface area contributed by atoms with E-state index < -0.39 is 47.1 Å². The zero-order valence-corrected chi connectivity index (χ0v) is 19.9. The molecular weight excluding hydrogens is 556 g/mol. The van der Waals surface area contributed by atoms with Gasteiger partial charge in [-0.2, -0.15) is 39.5 Å². The van der Waals surface area contributed by atoms with Crippen LogP contribution in [0.5, 0.6) is 11.5 Å². The van der Waals surface area contributed by atoms with Crippen LogP contribution in [0, 0.1) is 5.82 Å². The first-order chi connectivity index (χ1) is 17.4. The molecule has 0 radical (unpaired) electrons. The highest BCUT2D eigenvalue weighted by Crippen LogP contribution is 2.40. The molecule has 0 fully saturated rings.